The van der Waals surface area contributed by atoms with Gasteiger partial charge in [0, 0.05) is 36.1 Å². The molecule has 6 heteroatoms. The van der Waals surface area contributed by atoms with Crippen molar-refractivity contribution in [2.24, 2.45) is 0 Å². The monoisotopic (exact) mass is 358 g/mol. The molecule has 3 nitrogen and oxygen atoms in total. The summed E-state index contributed by atoms with van der Waals surface area (Å²) in [5, 5.41) is 1.12. The molecule has 0 radical (unpaired) electrons. The number of aromatic amines is 1. The Morgan fingerprint density at radius 3 is 2.46 bits per heavy atom. The van der Waals surface area contributed by atoms with Crippen LogP contribution in [0, 0.1) is 0 Å². The van der Waals surface area contributed by atoms with E-state index < -0.39 is 17.6 Å². The van der Waals surface area contributed by atoms with Crippen LogP contribution in [0.25, 0.3) is 10.9 Å². The summed E-state index contributed by atoms with van der Waals surface area (Å²) < 4.78 is 39.7. The fraction of sp³-hybridized carbons (Fsp3) is 0.250. The quantitative estimate of drug-likeness (QED) is 0.686. The molecule has 0 unspecified atom stereocenters. The zero-order valence-corrected chi connectivity index (χ0v) is 13.9. The molecule has 2 aromatic carbocycles. The van der Waals surface area contributed by atoms with Crippen molar-refractivity contribution in [2.45, 2.75) is 19.0 Å². The van der Waals surface area contributed by atoms with Crippen molar-refractivity contribution >= 4 is 16.8 Å². The highest BCUT2D eigenvalue weighted by Gasteiger charge is 2.36. The Morgan fingerprint density at radius 2 is 1.65 bits per heavy atom. The van der Waals surface area contributed by atoms with E-state index in [4.69, 9.17) is 0 Å². The van der Waals surface area contributed by atoms with Crippen LogP contribution in [-0.4, -0.2) is 28.9 Å². The van der Waals surface area contributed by atoms with E-state index in [1.54, 1.807) is 0 Å². The van der Waals surface area contributed by atoms with Crippen LogP contribution >= 0.6 is 0 Å². The third-order valence-electron chi connectivity index (χ3n) is 4.92. The van der Waals surface area contributed by atoms with Gasteiger partial charge in [0.1, 0.15) is 0 Å². The van der Waals surface area contributed by atoms with Crippen molar-refractivity contribution in [1.29, 1.82) is 0 Å². The summed E-state index contributed by atoms with van der Waals surface area (Å²) in [5.74, 6) is -0.563. The highest BCUT2D eigenvalue weighted by Crippen LogP contribution is 2.33. The zero-order chi connectivity index (χ0) is 18.3. The third-order valence-corrected chi connectivity index (χ3v) is 4.92. The Morgan fingerprint density at radius 1 is 0.962 bits per heavy atom. The zero-order valence-electron chi connectivity index (χ0n) is 13.9. The Labute approximate surface area is 148 Å². The number of carbonyl (C=O) groups excluding carboxylic acids is 1. The molecule has 0 fully saturated rings. The molecule has 1 aliphatic rings. The van der Waals surface area contributed by atoms with Gasteiger partial charge in [0.05, 0.1) is 11.1 Å². The number of hydrogen-bond donors (Lipinski definition) is 1. The lowest BCUT2D eigenvalue weighted by molar-refractivity contribution is -0.138. The minimum atomic E-state index is -4.54. The molecule has 0 aliphatic carbocycles. The van der Waals surface area contributed by atoms with Gasteiger partial charge in [-0.05, 0) is 30.2 Å². The summed E-state index contributed by atoms with van der Waals surface area (Å²) in [4.78, 5) is 17.7. The van der Waals surface area contributed by atoms with Gasteiger partial charge in [0.15, 0.2) is 0 Å². The maximum atomic E-state index is 13.2. The Kier molecular flexibility index (Phi) is 3.98. The van der Waals surface area contributed by atoms with Crippen LogP contribution in [0.4, 0.5) is 13.2 Å². The maximum absolute atomic E-state index is 13.2. The molecule has 1 aliphatic heterocycles. The number of nitrogens with zero attached hydrogens (tertiary/aromatic N) is 1. The number of para-hydroxylation sites is 1. The van der Waals surface area contributed by atoms with Gasteiger partial charge in [-0.2, -0.15) is 13.2 Å². The highest BCUT2D eigenvalue weighted by molar-refractivity contribution is 5.96. The number of amides is 1. The number of halogens is 3. The predicted molar refractivity (Wildman–Crippen MR) is 93.1 cm³/mol. The molecule has 3 aromatic rings. The van der Waals surface area contributed by atoms with Crippen molar-refractivity contribution < 1.29 is 18.0 Å². The average molecular weight is 358 g/mol. The molecule has 2 heterocycles. The first-order valence-corrected chi connectivity index (χ1v) is 8.49. The molecular formula is C20H17F3N2O. The van der Waals surface area contributed by atoms with Crippen molar-refractivity contribution in [1.82, 2.24) is 9.88 Å². The normalized spacial score (nSPS) is 15.0. The summed E-state index contributed by atoms with van der Waals surface area (Å²) in [6.07, 6.45) is -3.32. The number of benzene rings is 2. The first kappa shape index (κ1) is 16.7. The van der Waals surface area contributed by atoms with E-state index in [1.807, 2.05) is 24.3 Å². The van der Waals surface area contributed by atoms with Gasteiger partial charge in [0.25, 0.3) is 5.91 Å². The van der Waals surface area contributed by atoms with Crippen LogP contribution in [0.15, 0.2) is 48.5 Å². The van der Waals surface area contributed by atoms with Gasteiger partial charge < -0.3 is 9.88 Å². The van der Waals surface area contributed by atoms with Gasteiger partial charge >= 0.3 is 6.18 Å². The van der Waals surface area contributed by atoms with Crippen LogP contribution in [0.3, 0.4) is 0 Å². The fourth-order valence-corrected chi connectivity index (χ4v) is 3.65. The number of H-pyrrole nitrogens is 1. The van der Waals surface area contributed by atoms with Crippen LogP contribution in [0.2, 0.25) is 0 Å². The van der Waals surface area contributed by atoms with Crippen molar-refractivity contribution in [2.75, 3.05) is 13.1 Å². The number of carbonyl (C=O) groups is 1. The van der Waals surface area contributed by atoms with Crippen LogP contribution < -0.4 is 0 Å². The van der Waals surface area contributed by atoms with E-state index in [2.05, 4.69) is 4.98 Å². The average Bonchev–Trinajstić information content (AvgIpc) is 2.85. The number of nitrogens with one attached hydrogen (secondary N) is 1. The van der Waals surface area contributed by atoms with Crippen molar-refractivity contribution in [3.8, 4) is 0 Å². The summed E-state index contributed by atoms with van der Waals surface area (Å²) in [5.41, 5.74) is 2.11. The van der Waals surface area contributed by atoms with Crippen molar-refractivity contribution in [3.63, 3.8) is 0 Å². The van der Waals surface area contributed by atoms with E-state index in [0.717, 1.165) is 28.2 Å². The SMILES string of the molecule is O=C(c1ccccc1C(F)(F)F)N1CCc2[nH]c3ccccc3c2CC1. The number of alkyl halides is 3. The van der Waals surface area contributed by atoms with Crippen LogP contribution in [0.1, 0.15) is 27.2 Å². The molecule has 26 heavy (non-hydrogen) atoms. The molecule has 0 bridgehead atoms. The minimum absolute atomic E-state index is 0.282. The molecule has 0 saturated heterocycles. The Bertz CT molecular complexity index is 975. The highest BCUT2D eigenvalue weighted by atomic mass is 19.4. The molecule has 4 rings (SSSR count). The number of fused-ring (bicyclic) bond motifs is 3. The molecule has 134 valence electrons. The molecular weight excluding hydrogens is 341 g/mol. The lowest BCUT2D eigenvalue weighted by atomic mass is 10.1. The smallest absolute Gasteiger partial charge is 0.358 e. The van der Waals surface area contributed by atoms with E-state index in [9.17, 15) is 18.0 Å². The van der Waals surface area contributed by atoms with Gasteiger partial charge in [-0.1, -0.05) is 30.3 Å². The fourth-order valence-electron chi connectivity index (χ4n) is 3.65. The van der Waals surface area contributed by atoms with E-state index in [1.165, 1.54) is 23.1 Å². The molecule has 1 aromatic heterocycles. The van der Waals surface area contributed by atoms with Gasteiger partial charge in [-0.3, -0.25) is 4.79 Å². The Hall–Kier alpha value is -2.76. The Balaban J connectivity index is 1.62. The summed E-state index contributed by atoms with van der Waals surface area (Å²) >= 11 is 0. The van der Waals surface area contributed by atoms with Crippen LogP contribution in [0.5, 0.6) is 0 Å². The predicted octanol–water partition coefficient (Wildman–Crippen LogP) is 4.43. The third kappa shape index (κ3) is 2.85. The number of rotatable bonds is 1. The van der Waals surface area contributed by atoms with Crippen molar-refractivity contribution in [3.05, 3.63) is 70.9 Å². The summed E-state index contributed by atoms with van der Waals surface area (Å²) in [6.45, 7) is 0.796. The second-order valence-electron chi connectivity index (χ2n) is 6.46. The molecule has 0 spiro atoms. The van der Waals surface area contributed by atoms with Gasteiger partial charge in [0.2, 0.25) is 0 Å². The van der Waals surface area contributed by atoms with E-state index in [0.29, 0.717) is 25.9 Å². The second-order valence-corrected chi connectivity index (χ2v) is 6.46. The summed E-state index contributed by atoms with van der Waals surface area (Å²) in [7, 11) is 0. The molecule has 0 atom stereocenters. The first-order chi connectivity index (χ1) is 12.4. The van der Waals surface area contributed by atoms with Crippen LogP contribution in [-0.2, 0) is 19.0 Å². The van der Waals surface area contributed by atoms with Gasteiger partial charge in [-0.15, -0.1) is 0 Å². The van der Waals surface area contributed by atoms with Gasteiger partial charge in [-0.25, -0.2) is 0 Å². The minimum Gasteiger partial charge on any atom is -0.358 e. The van der Waals surface area contributed by atoms with E-state index >= 15 is 0 Å². The molecule has 0 saturated carbocycles. The molecule has 1 N–H and O–H groups in total. The largest absolute Gasteiger partial charge is 0.417 e. The van der Waals surface area contributed by atoms with E-state index in [-0.39, 0.29) is 5.56 Å². The first-order valence-electron chi connectivity index (χ1n) is 8.49. The molecule has 1 amide bonds. The lowest BCUT2D eigenvalue weighted by Crippen LogP contribution is -2.34. The topological polar surface area (TPSA) is 36.1 Å². The second kappa shape index (κ2) is 6.20. The summed E-state index contributed by atoms with van der Waals surface area (Å²) in [6, 6.07) is 12.9. The standard InChI is InChI=1S/C20H17F3N2O/c21-20(22,23)16-7-3-1-6-15(16)19(26)25-11-9-14-13-5-2-4-8-17(13)24-18(14)10-12-25/h1-8,24H,9-12H2. The lowest BCUT2D eigenvalue weighted by Gasteiger charge is -2.22. The number of hydrogen-bond acceptors (Lipinski definition) is 1. The maximum Gasteiger partial charge on any atom is 0.417 e. The number of aromatic nitrogens is 1.